The fourth-order valence-corrected chi connectivity index (χ4v) is 2.66. The summed E-state index contributed by atoms with van der Waals surface area (Å²) in [7, 11) is -2.21. The van der Waals surface area contributed by atoms with Crippen LogP contribution in [0.1, 0.15) is 32.5 Å². The summed E-state index contributed by atoms with van der Waals surface area (Å²) in [6, 6.07) is -1.19. The van der Waals surface area contributed by atoms with Crippen LogP contribution in [0.2, 0.25) is 0 Å². The van der Waals surface area contributed by atoms with E-state index < -0.39 is 22.0 Å². The maximum atomic E-state index is 11.9. The molecule has 1 aromatic rings. The summed E-state index contributed by atoms with van der Waals surface area (Å²) in [5, 5.41) is 8.52. The Labute approximate surface area is 106 Å². The number of carboxylic acid groups (broad SMARTS) is 1. The molecule has 18 heavy (non-hydrogen) atoms. The second-order valence-corrected chi connectivity index (χ2v) is 6.05. The molecule has 0 saturated carbocycles. The fraction of sp³-hybridized carbons (Fsp3) is 0.600. The van der Waals surface area contributed by atoms with E-state index in [1.165, 1.54) is 13.1 Å². The largest absolute Gasteiger partial charge is 0.480 e. The lowest BCUT2D eigenvalue weighted by molar-refractivity contribution is -0.138. The molecule has 1 atom stereocenters. The van der Waals surface area contributed by atoms with Gasteiger partial charge in [-0.1, -0.05) is 13.8 Å². The molecule has 7 nitrogen and oxygen atoms in total. The summed E-state index contributed by atoms with van der Waals surface area (Å²) in [6.45, 7) is 5.05. The SMILES string of the molecule is CC(C)c1nc(S(=O)(=O)N[C@@H](C)C(=O)O)cn1C. The van der Waals surface area contributed by atoms with Gasteiger partial charge >= 0.3 is 5.97 Å². The summed E-state index contributed by atoms with van der Waals surface area (Å²) in [6.07, 6.45) is 1.37. The van der Waals surface area contributed by atoms with E-state index in [2.05, 4.69) is 4.98 Å². The highest BCUT2D eigenvalue weighted by molar-refractivity contribution is 7.89. The Morgan fingerprint density at radius 1 is 1.44 bits per heavy atom. The van der Waals surface area contributed by atoms with E-state index in [0.717, 1.165) is 0 Å². The minimum atomic E-state index is -3.90. The summed E-state index contributed by atoms with van der Waals surface area (Å²) >= 11 is 0. The van der Waals surface area contributed by atoms with Gasteiger partial charge < -0.3 is 9.67 Å². The Bertz CT molecular complexity index is 547. The van der Waals surface area contributed by atoms with Gasteiger partial charge in [0.1, 0.15) is 11.9 Å². The Morgan fingerprint density at radius 2 is 2.00 bits per heavy atom. The predicted octanol–water partition coefficient (Wildman–Crippen LogP) is 0.295. The highest BCUT2D eigenvalue weighted by atomic mass is 32.2. The van der Waals surface area contributed by atoms with Crippen LogP contribution in [0.5, 0.6) is 0 Å². The molecule has 0 radical (unpaired) electrons. The number of hydrogen-bond acceptors (Lipinski definition) is 4. The number of aryl methyl sites for hydroxylation is 1. The van der Waals surface area contributed by atoms with Crippen molar-refractivity contribution in [2.75, 3.05) is 0 Å². The molecular formula is C10H17N3O4S. The van der Waals surface area contributed by atoms with Crippen molar-refractivity contribution in [3.05, 3.63) is 12.0 Å². The molecule has 102 valence electrons. The summed E-state index contributed by atoms with van der Waals surface area (Å²) in [5.74, 6) is -0.534. The number of carbonyl (C=O) groups is 1. The van der Waals surface area contributed by atoms with Crippen LogP contribution in [0.25, 0.3) is 0 Å². The number of nitrogens with zero attached hydrogens (tertiary/aromatic N) is 2. The van der Waals surface area contributed by atoms with Crippen LogP contribution in [-0.2, 0) is 21.9 Å². The van der Waals surface area contributed by atoms with Gasteiger partial charge in [-0.2, -0.15) is 4.72 Å². The zero-order chi connectivity index (χ0) is 14.1. The van der Waals surface area contributed by atoms with Gasteiger partial charge in [0.2, 0.25) is 0 Å². The summed E-state index contributed by atoms with van der Waals surface area (Å²) < 4.78 is 27.4. The van der Waals surface area contributed by atoms with Gasteiger partial charge in [-0.15, -0.1) is 0 Å². The fourth-order valence-electron chi connectivity index (χ4n) is 1.46. The van der Waals surface area contributed by atoms with E-state index in [0.29, 0.717) is 5.82 Å². The number of imidazole rings is 1. The standard InChI is InChI=1S/C10H17N3O4S/c1-6(2)9-11-8(5-13(9)4)18(16,17)12-7(3)10(14)15/h5-7,12H,1-4H3,(H,14,15)/t7-/m0/s1. The van der Waals surface area contributed by atoms with Crippen molar-refractivity contribution < 1.29 is 18.3 Å². The lowest BCUT2D eigenvalue weighted by atomic mass is 10.2. The average Bonchev–Trinajstić information content (AvgIpc) is 2.60. The molecule has 8 heteroatoms. The van der Waals surface area contributed by atoms with Gasteiger partial charge in [-0.05, 0) is 6.92 Å². The van der Waals surface area contributed by atoms with Crippen molar-refractivity contribution in [1.29, 1.82) is 0 Å². The zero-order valence-electron chi connectivity index (χ0n) is 10.7. The number of rotatable bonds is 5. The molecule has 0 bridgehead atoms. The second kappa shape index (κ2) is 5.07. The quantitative estimate of drug-likeness (QED) is 0.804. The third-order valence-electron chi connectivity index (χ3n) is 2.38. The number of aliphatic carboxylic acids is 1. The molecule has 1 rings (SSSR count). The van der Waals surface area contributed by atoms with Crippen molar-refractivity contribution >= 4 is 16.0 Å². The predicted molar refractivity (Wildman–Crippen MR) is 64.7 cm³/mol. The molecule has 0 fully saturated rings. The maximum Gasteiger partial charge on any atom is 0.321 e. The molecule has 2 N–H and O–H groups in total. The highest BCUT2D eigenvalue weighted by Crippen LogP contribution is 2.16. The first-order valence-corrected chi connectivity index (χ1v) is 6.92. The number of aromatic nitrogens is 2. The van der Waals surface area contributed by atoms with Crippen LogP contribution < -0.4 is 4.72 Å². The molecular weight excluding hydrogens is 258 g/mol. The van der Waals surface area contributed by atoms with Gasteiger partial charge in [0.05, 0.1) is 0 Å². The first kappa shape index (κ1) is 14.7. The molecule has 0 aromatic carbocycles. The monoisotopic (exact) mass is 275 g/mol. The van der Waals surface area contributed by atoms with Gasteiger partial charge in [0, 0.05) is 19.2 Å². The molecule has 0 spiro atoms. The van der Waals surface area contributed by atoms with Crippen molar-refractivity contribution in [3.63, 3.8) is 0 Å². The number of carboxylic acids is 1. The van der Waals surface area contributed by atoms with Crippen molar-refractivity contribution in [3.8, 4) is 0 Å². The average molecular weight is 275 g/mol. The van der Waals surface area contributed by atoms with Crippen LogP contribution in [0.4, 0.5) is 0 Å². The topological polar surface area (TPSA) is 101 Å². The number of hydrogen-bond donors (Lipinski definition) is 2. The third kappa shape index (κ3) is 3.08. The highest BCUT2D eigenvalue weighted by Gasteiger charge is 2.25. The number of sulfonamides is 1. The van der Waals surface area contributed by atoms with Crippen LogP contribution in [0.15, 0.2) is 11.2 Å². The maximum absolute atomic E-state index is 11.9. The Morgan fingerprint density at radius 3 is 2.39 bits per heavy atom. The van der Waals surface area contributed by atoms with Crippen LogP contribution >= 0.6 is 0 Å². The number of nitrogens with one attached hydrogen (secondary N) is 1. The minimum absolute atomic E-state index is 0.0795. The van der Waals surface area contributed by atoms with E-state index in [1.54, 1.807) is 11.6 Å². The smallest absolute Gasteiger partial charge is 0.321 e. The van der Waals surface area contributed by atoms with Gasteiger partial charge in [-0.25, -0.2) is 13.4 Å². The van der Waals surface area contributed by atoms with E-state index in [9.17, 15) is 13.2 Å². The molecule has 0 saturated heterocycles. The van der Waals surface area contributed by atoms with Crippen molar-refractivity contribution in [2.45, 2.75) is 37.8 Å². The van der Waals surface area contributed by atoms with Crippen molar-refractivity contribution in [1.82, 2.24) is 14.3 Å². The third-order valence-corrected chi connectivity index (χ3v) is 3.80. The van der Waals surface area contributed by atoms with Crippen molar-refractivity contribution in [2.24, 2.45) is 7.05 Å². The normalized spacial score (nSPS) is 13.8. The molecule has 1 aromatic heterocycles. The first-order valence-electron chi connectivity index (χ1n) is 5.43. The van der Waals surface area contributed by atoms with Gasteiger partial charge in [-0.3, -0.25) is 4.79 Å². The Balaban J connectivity index is 3.06. The summed E-state index contributed by atoms with van der Waals surface area (Å²) in [5.41, 5.74) is 0. The van der Waals surface area contributed by atoms with E-state index in [1.807, 2.05) is 18.6 Å². The Kier molecular flexibility index (Phi) is 4.12. The molecule has 0 aliphatic heterocycles. The molecule has 0 aliphatic carbocycles. The summed E-state index contributed by atoms with van der Waals surface area (Å²) in [4.78, 5) is 14.6. The molecule has 0 aliphatic rings. The van der Waals surface area contributed by atoms with E-state index in [-0.39, 0.29) is 10.9 Å². The van der Waals surface area contributed by atoms with Gasteiger partial charge in [0.25, 0.3) is 10.0 Å². The van der Waals surface area contributed by atoms with Gasteiger partial charge in [0.15, 0.2) is 5.03 Å². The van der Waals surface area contributed by atoms with E-state index in [4.69, 9.17) is 5.11 Å². The molecule has 0 amide bonds. The second-order valence-electron chi connectivity index (χ2n) is 4.38. The molecule has 1 heterocycles. The molecule has 0 unspecified atom stereocenters. The minimum Gasteiger partial charge on any atom is -0.480 e. The van der Waals surface area contributed by atoms with E-state index >= 15 is 0 Å². The van der Waals surface area contributed by atoms with Crippen LogP contribution in [0.3, 0.4) is 0 Å². The van der Waals surface area contributed by atoms with Crippen LogP contribution in [-0.4, -0.2) is 35.1 Å². The lowest BCUT2D eigenvalue weighted by Crippen LogP contribution is -2.38. The van der Waals surface area contributed by atoms with Crippen LogP contribution in [0, 0.1) is 0 Å². The zero-order valence-corrected chi connectivity index (χ0v) is 11.5. The first-order chi connectivity index (χ1) is 8.15. The lowest BCUT2D eigenvalue weighted by Gasteiger charge is -2.07. The Hall–Kier alpha value is -1.41.